The fourth-order valence-electron chi connectivity index (χ4n) is 3.35. The van der Waals surface area contributed by atoms with Crippen LogP contribution >= 0.6 is 0 Å². The van der Waals surface area contributed by atoms with Crippen molar-refractivity contribution in [1.29, 1.82) is 0 Å². The molecule has 1 aromatic rings. The van der Waals surface area contributed by atoms with Crippen molar-refractivity contribution in [3.63, 3.8) is 0 Å². The fourth-order valence-corrected chi connectivity index (χ4v) is 3.35. The maximum atomic E-state index is 5.92. The zero-order valence-corrected chi connectivity index (χ0v) is 18.8. The number of ether oxygens (including phenoxy) is 3. The van der Waals surface area contributed by atoms with Gasteiger partial charge in [0.2, 0.25) is 0 Å². The average molecular weight is 393 g/mol. The van der Waals surface area contributed by atoms with E-state index in [1.54, 1.807) is 7.11 Å². The van der Waals surface area contributed by atoms with Gasteiger partial charge < -0.3 is 14.2 Å². The maximum Gasteiger partial charge on any atom is 0.164 e. The molecule has 0 unspecified atom stereocenters. The van der Waals surface area contributed by atoms with Gasteiger partial charge in [0, 0.05) is 6.07 Å². The van der Waals surface area contributed by atoms with E-state index in [0.29, 0.717) is 0 Å². The summed E-state index contributed by atoms with van der Waals surface area (Å²) in [7, 11) is 1.69. The molecule has 0 radical (unpaired) electrons. The molecule has 0 aliphatic rings. The first-order valence-corrected chi connectivity index (χ1v) is 11.8. The second-order valence-electron chi connectivity index (χ2n) is 7.75. The van der Waals surface area contributed by atoms with Crippen LogP contribution in [0.2, 0.25) is 0 Å². The van der Waals surface area contributed by atoms with Gasteiger partial charge in [0.15, 0.2) is 11.5 Å². The first-order chi connectivity index (χ1) is 13.8. The predicted molar refractivity (Wildman–Crippen MR) is 120 cm³/mol. The second-order valence-corrected chi connectivity index (χ2v) is 7.75. The number of hydrogen-bond donors (Lipinski definition) is 0. The number of unbranched alkanes of at least 4 members (excludes halogenated alkanes) is 12. The molecular weight excluding hydrogens is 348 g/mol. The fraction of sp³-hybridized carbons (Fsp3) is 0.760. The van der Waals surface area contributed by atoms with Crippen LogP contribution < -0.4 is 14.2 Å². The molecular formula is C25H44O3. The van der Waals surface area contributed by atoms with Gasteiger partial charge in [-0.3, -0.25) is 0 Å². The summed E-state index contributed by atoms with van der Waals surface area (Å²) in [6, 6.07) is 5.91. The molecule has 162 valence electrons. The monoisotopic (exact) mass is 392 g/mol. The van der Waals surface area contributed by atoms with Crippen LogP contribution in [0.25, 0.3) is 0 Å². The molecule has 3 nitrogen and oxygen atoms in total. The third-order valence-corrected chi connectivity index (χ3v) is 5.16. The largest absolute Gasteiger partial charge is 0.493 e. The van der Waals surface area contributed by atoms with Crippen LogP contribution in [0.1, 0.15) is 104 Å². The molecule has 0 amide bonds. The zero-order valence-electron chi connectivity index (χ0n) is 18.8. The minimum absolute atomic E-state index is 0.752. The molecule has 0 atom stereocenters. The highest BCUT2D eigenvalue weighted by molar-refractivity contribution is 5.45. The van der Waals surface area contributed by atoms with Crippen molar-refractivity contribution >= 4 is 0 Å². The van der Waals surface area contributed by atoms with Crippen molar-refractivity contribution in [1.82, 2.24) is 0 Å². The topological polar surface area (TPSA) is 27.7 Å². The Balaban J connectivity index is 2.18. The lowest BCUT2D eigenvalue weighted by Gasteiger charge is -2.13. The Bertz CT molecular complexity index is 473. The Kier molecular flexibility index (Phi) is 15.6. The molecule has 0 aromatic heterocycles. The lowest BCUT2D eigenvalue weighted by atomic mass is 10.1. The van der Waals surface area contributed by atoms with E-state index in [1.807, 2.05) is 18.2 Å². The highest BCUT2D eigenvalue weighted by atomic mass is 16.5. The first kappa shape index (κ1) is 24.7. The van der Waals surface area contributed by atoms with E-state index in [-0.39, 0.29) is 0 Å². The van der Waals surface area contributed by atoms with Gasteiger partial charge in [-0.2, -0.15) is 0 Å². The SMILES string of the molecule is CCCCCCCCCOc1ccc(OCCCCCCCCC)c(OC)c1. The van der Waals surface area contributed by atoms with E-state index >= 15 is 0 Å². The Morgan fingerprint density at radius 2 is 1.07 bits per heavy atom. The molecule has 0 N–H and O–H groups in total. The summed E-state index contributed by atoms with van der Waals surface area (Å²) in [6.45, 7) is 6.04. The van der Waals surface area contributed by atoms with Crippen molar-refractivity contribution < 1.29 is 14.2 Å². The lowest BCUT2D eigenvalue weighted by Crippen LogP contribution is -2.01. The van der Waals surface area contributed by atoms with Crippen molar-refractivity contribution in [2.75, 3.05) is 20.3 Å². The molecule has 1 aromatic carbocycles. The molecule has 0 heterocycles. The lowest BCUT2D eigenvalue weighted by molar-refractivity contribution is 0.278. The molecule has 28 heavy (non-hydrogen) atoms. The molecule has 1 rings (SSSR count). The molecule has 0 fully saturated rings. The third kappa shape index (κ3) is 12.2. The van der Waals surface area contributed by atoms with Gasteiger partial charge in [0.25, 0.3) is 0 Å². The molecule has 3 heteroatoms. The number of hydrogen-bond acceptors (Lipinski definition) is 3. The molecule has 0 aliphatic heterocycles. The van der Waals surface area contributed by atoms with Crippen molar-refractivity contribution in [3.05, 3.63) is 18.2 Å². The van der Waals surface area contributed by atoms with Gasteiger partial charge in [-0.05, 0) is 25.0 Å². The highest BCUT2D eigenvalue weighted by Crippen LogP contribution is 2.31. The summed E-state index contributed by atoms with van der Waals surface area (Å²) in [5, 5.41) is 0. The van der Waals surface area contributed by atoms with E-state index in [0.717, 1.165) is 43.3 Å². The van der Waals surface area contributed by atoms with Crippen molar-refractivity contribution in [2.45, 2.75) is 104 Å². The van der Waals surface area contributed by atoms with Crippen LogP contribution in [0.3, 0.4) is 0 Å². The smallest absolute Gasteiger partial charge is 0.164 e. The summed E-state index contributed by atoms with van der Waals surface area (Å²) in [5.41, 5.74) is 0. The van der Waals surface area contributed by atoms with Gasteiger partial charge >= 0.3 is 0 Å². The quantitative estimate of drug-likeness (QED) is 0.223. The van der Waals surface area contributed by atoms with Crippen LogP contribution in [-0.4, -0.2) is 20.3 Å². The van der Waals surface area contributed by atoms with Crippen LogP contribution in [0.4, 0.5) is 0 Å². The maximum absolute atomic E-state index is 5.92. The molecule has 0 bridgehead atoms. The first-order valence-electron chi connectivity index (χ1n) is 11.8. The van der Waals surface area contributed by atoms with Gasteiger partial charge in [0.05, 0.1) is 20.3 Å². The summed E-state index contributed by atoms with van der Waals surface area (Å²) in [4.78, 5) is 0. The minimum Gasteiger partial charge on any atom is -0.493 e. The van der Waals surface area contributed by atoms with Gasteiger partial charge in [-0.25, -0.2) is 0 Å². The van der Waals surface area contributed by atoms with E-state index in [4.69, 9.17) is 14.2 Å². The van der Waals surface area contributed by atoms with Gasteiger partial charge in [-0.15, -0.1) is 0 Å². The van der Waals surface area contributed by atoms with Crippen molar-refractivity contribution in [2.24, 2.45) is 0 Å². The Morgan fingerprint density at radius 3 is 1.61 bits per heavy atom. The Morgan fingerprint density at radius 1 is 0.571 bits per heavy atom. The number of methoxy groups -OCH3 is 1. The van der Waals surface area contributed by atoms with Gasteiger partial charge in [0.1, 0.15) is 5.75 Å². The molecule has 0 spiro atoms. The third-order valence-electron chi connectivity index (χ3n) is 5.16. The van der Waals surface area contributed by atoms with Crippen LogP contribution in [0, 0.1) is 0 Å². The second kappa shape index (κ2) is 17.7. The summed E-state index contributed by atoms with van der Waals surface area (Å²) in [5.74, 6) is 2.45. The average Bonchev–Trinajstić information content (AvgIpc) is 2.72. The van der Waals surface area contributed by atoms with Crippen LogP contribution in [-0.2, 0) is 0 Å². The van der Waals surface area contributed by atoms with E-state index < -0.39 is 0 Å². The summed E-state index contributed by atoms with van der Waals surface area (Å²) < 4.78 is 17.3. The number of rotatable bonds is 19. The summed E-state index contributed by atoms with van der Waals surface area (Å²) in [6.07, 6.45) is 18.1. The van der Waals surface area contributed by atoms with Gasteiger partial charge in [-0.1, -0.05) is 90.9 Å². The van der Waals surface area contributed by atoms with Crippen LogP contribution in [0.5, 0.6) is 17.2 Å². The summed E-state index contributed by atoms with van der Waals surface area (Å²) >= 11 is 0. The standard InChI is InChI=1S/C25H44O3/c1-4-6-8-10-12-14-16-20-27-23-18-19-24(25(22-23)26-3)28-21-17-15-13-11-9-7-5-2/h18-19,22H,4-17,20-21H2,1-3H3. The number of benzene rings is 1. The van der Waals surface area contributed by atoms with E-state index in [2.05, 4.69) is 13.8 Å². The van der Waals surface area contributed by atoms with Crippen molar-refractivity contribution in [3.8, 4) is 17.2 Å². The normalized spacial score (nSPS) is 10.8. The molecule has 0 saturated carbocycles. The van der Waals surface area contributed by atoms with E-state index in [1.165, 1.54) is 77.0 Å². The highest BCUT2D eigenvalue weighted by Gasteiger charge is 2.06. The predicted octanol–water partition coefficient (Wildman–Crippen LogP) is 7.95. The Hall–Kier alpha value is -1.38. The Labute approximate surface area is 174 Å². The molecule has 0 aliphatic carbocycles. The zero-order chi connectivity index (χ0) is 20.3. The van der Waals surface area contributed by atoms with E-state index in [9.17, 15) is 0 Å². The van der Waals surface area contributed by atoms with Crippen LogP contribution in [0.15, 0.2) is 18.2 Å². The molecule has 0 saturated heterocycles. The minimum atomic E-state index is 0.752.